The van der Waals surface area contributed by atoms with Gasteiger partial charge in [0.25, 0.3) is 0 Å². The highest BCUT2D eigenvalue weighted by atomic mass is 19.1. The number of pyridine rings is 1. The Morgan fingerprint density at radius 2 is 1.73 bits per heavy atom. The zero-order valence-electron chi connectivity index (χ0n) is 22.7. The van der Waals surface area contributed by atoms with E-state index in [0.29, 0.717) is 24.6 Å². The van der Waals surface area contributed by atoms with Crippen molar-refractivity contribution in [2.75, 3.05) is 12.3 Å². The van der Waals surface area contributed by atoms with Crippen LogP contribution in [0, 0.1) is 5.92 Å². The molecule has 5 nitrogen and oxygen atoms in total. The molecule has 2 aromatic heterocycles. The third-order valence-corrected chi connectivity index (χ3v) is 7.79. The Kier molecular flexibility index (Phi) is 7.21. The highest BCUT2D eigenvalue weighted by molar-refractivity contribution is 6.06. The van der Waals surface area contributed by atoms with Crippen LogP contribution in [0.5, 0.6) is 0 Å². The second kappa shape index (κ2) is 10.4. The van der Waals surface area contributed by atoms with Crippen LogP contribution >= 0.6 is 0 Å². The fourth-order valence-electron chi connectivity index (χ4n) is 5.44. The van der Waals surface area contributed by atoms with Crippen molar-refractivity contribution in [2.24, 2.45) is 5.92 Å². The van der Waals surface area contributed by atoms with Gasteiger partial charge >= 0.3 is 0 Å². The van der Waals surface area contributed by atoms with Crippen LogP contribution in [-0.4, -0.2) is 37.7 Å². The number of imidazole rings is 1. The van der Waals surface area contributed by atoms with Crippen molar-refractivity contribution < 1.29 is 4.39 Å². The van der Waals surface area contributed by atoms with Crippen LogP contribution in [0.2, 0.25) is 0 Å². The van der Waals surface area contributed by atoms with Gasteiger partial charge in [-0.3, -0.25) is 4.90 Å². The van der Waals surface area contributed by atoms with Gasteiger partial charge in [0, 0.05) is 37.0 Å². The molecule has 0 aliphatic heterocycles. The number of hydrogen-bond acceptors (Lipinski definition) is 4. The number of benzene rings is 2. The summed E-state index contributed by atoms with van der Waals surface area (Å²) in [6, 6.07) is 17.1. The lowest BCUT2D eigenvalue weighted by Gasteiger charge is -2.41. The number of rotatable bonds is 9. The van der Waals surface area contributed by atoms with Gasteiger partial charge in [0.2, 0.25) is 0 Å². The number of anilines is 1. The normalized spacial score (nSPS) is 18.1. The molecule has 4 aromatic rings. The first-order valence-corrected chi connectivity index (χ1v) is 13.7. The van der Waals surface area contributed by atoms with Crippen molar-refractivity contribution in [1.29, 1.82) is 0 Å². The molecule has 1 saturated carbocycles. The molecule has 0 radical (unpaired) electrons. The highest BCUT2D eigenvalue weighted by Crippen LogP contribution is 2.33. The molecule has 5 rings (SSSR count). The molecule has 196 valence electrons. The molecule has 2 heterocycles. The molecule has 1 aliphatic rings. The van der Waals surface area contributed by atoms with Gasteiger partial charge in [0.1, 0.15) is 17.5 Å². The maximum atomic E-state index is 13.4. The Morgan fingerprint density at radius 3 is 2.41 bits per heavy atom. The van der Waals surface area contributed by atoms with E-state index in [1.54, 1.807) is 0 Å². The Hall–Kier alpha value is -2.99. The van der Waals surface area contributed by atoms with E-state index in [-0.39, 0.29) is 5.54 Å². The molecule has 37 heavy (non-hydrogen) atoms. The number of aromatic nitrogens is 3. The first kappa shape index (κ1) is 25.7. The molecule has 1 aliphatic carbocycles. The minimum atomic E-state index is -0.601. The molecule has 0 atom stereocenters. The van der Waals surface area contributed by atoms with E-state index in [0.717, 1.165) is 66.7 Å². The first-order valence-electron chi connectivity index (χ1n) is 13.7. The average Bonchev–Trinajstić information content (AvgIpc) is 3.20. The van der Waals surface area contributed by atoms with Gasteiger partial charge in [-0.05, 0) is 63.1 Å². The second-order valence-electron chi connectivity index (χ2n) is 11.7. The summed E-state index contributed by atoms with van der Waals surface area (Å²) in [7, 11) is 0. The van der Waals surface area contributed by atoms with Gasteiger partial charge < -0.3 is 10.3 Å². The monoisotopic (exact) mass is 501 g/mol. The van der Waals surface area contributed by atoms with Crippen LogP contribution < -0.4 is 5.73 Å². The van der Waals surface area contributed by atoms with Crippen LogP contribution in [0.1, 0.15) is 70.3 Å². The minimum absolute atomic E-state index is 0.0407. The van der Waals surface area contributed by atoms with Crippen LogP contribution in [-0.2, 0) is 19.5 Å². The molecule has 0 saturated heterocycles. The molecule has 2 aromatic carbocycles. The Morgan fingerprint density at radius 1 is 1.03 bits per heavy atom. The lowest BCUT2D eigenvalue weighted by molar-refractivity contribution is 0.0447. The number of alkyl halides is 1. The molecule has 2 N–H and O–H groups in total. The van der Waals surface area contributed by atoms with E-state index in [1.807, 2.05) is 12.1 Å². The van der Waals surface area contributed by atoms with Gasteiger partial charge in [-0.2, -0.15) is 0 Å². The molecular weight excluding hydrogens is 461 g/mol. The number of nitrogens with zero attached hydrogens (tertiary/aromatic N) is 4. The highest BCUT2D eigenvalue weighted by Gasteiger charge is 2.33. The summed E-state index contributed by atoms with van der Waals surface area (Å²) in [5.74, 6) is 2.03. The number of para-hydroxylation sites is 1. The van der Waals surface area contributed by atoms with Crippen LogP contribution in [0.3, 0.4) is 0 Å². The predicted octanol–water partition coefficient (Wildman–Crippen LogP) is 6.91. The Balaban J connectivity index is 1.42. The first-order chi connectivity index (χ1) is 17.7. The SMILES string of the molecule is CCCCc1nc2c(N)nc3ccccc3c2n1Cc1ccc(CN(CC2CC(F)C2)C(C)(C)C)cc1. The smallest absolute Gasteiger partial charge is 0.152 e. The lowest BCUT2D eigenvalue weighted by Crippen LogP contribution is -2.46. The third-order valence-electron chi connectivity index (χ3n) is 7.79. The van der Waals surface area contributed by atoms with Crippen molar-refractivity contribution in [3.8, 4) is 0 Å². The predicted molar refractivity (Wildman–Crippen MR) is 151 cm³/mol. The summed E-state index contributed by atoms with van der Waals surface area (Å²) in [4.78, 5) is 12.1. The van der Waals surface area contributed by atoms with E-state index in [9.17, 15) is 4.39 Å². The molecular formula is C31H40FN5. The van der Waals surface area contributed by atoms with Gasteiger partial charge in [0.15, 0.2) is 5.82 Å². The summed E-state index contributed by atoms with van der Waals surface area (Å²) >= 11 is 0. The summed E-state index contributed by atoms with van der Waals surface area (Å²) in [5, 5.41) is 1.09. The largest absolute Gasteiger partial charge is 0.382 e. The summed E-state index contributed by atoms with van der Waals surface area (Å²) in [6.07, 6.45) is 3.93. The number of halogens is 1. The van der Waals surface area contributed by atoms with Crippen molar-refractivity contribution in [3.63, 3.8) is 0 Å². The van der Waals surface area contributed by atoms with Gasteiger partial charge in [0.05, 0.1) is 11.0 Å². The maximum Gasteiger partial charge on any atom is 0.152 e. The van der Waals surface area contributed by atoms with Gasteiger partial charge in [-0.25, -0.2) is 14.4 Å². The van der Waals surface area contributed by atoms with Gasteiger partial charge in [-0.15, -0.1) is 0 Å². The summed E-state index contributed by atoms with van der Waals surface area (Å²) in [5.41, 5.74) is 11.7. The topological polar surface area (TPSA) is 60.0 Å². The van der Waals surface area contributed by atoms with E-state index in [2.05, 4.69) is 78.5 Å². The number of nitrogen functional groups attached to an aromatic ring is 1. The molecule has 0 bridgehead atoms. The number of hydrogen-bond donors (Lipinski definition) is 1. The lowest BCUT2D eigenvalue weighted by atomic mass is 9.82. The molecule has 0 spiro atoms. The third kappa shape index (κ3) is 5.49. The zero-order chi connectivity index (χ0) is 26.2. The maximum absolute atomic E-state index is 13.4. The van der Waals surface area contributed by atoms with E-state index in [4.69, 9.17) is 10.7 Å². The van der Waals surface area contributed by atoms with E-state index in [1.165, 1.54) is 11.1 Å². The minimum Gasteiger partial charge on any atom is -0.382 e. The number of fused-ring (bicyclic) bond motifs is 3. The Bertz CT molecular complexity index is 1360. The Labute approximate surface area is 219 Å². The van der Waals surface area contributed by atoms with E-state index < -0.39 is 6.17 Å². The second-order valence-corrected chi connectivity index (χ2v) is 11.7. The number of aryl methyl sites for hydroxylation is 1. The molecule has 6 heteroatoms. The van der Waals surface area contributed by atoms with Crippen LogP contribution in [0.25, 0.3) is 21.9 Å². The number of nitrogens with two attached hydrogens (primary N) is 1. The molecule has 0 unspecified atom stereocenters. The quantitative estimate of drug-likeness (QED) is 0.271. The standard InChI is InChI=1S/C31H40FN5/c1-5-6-11-27-35-28-29(25-9-7-8-10-26(25)34-30(28)33)37(27)20-22-14-12-21(13-15-22)18-36(31(2,3)4)19-23-16-24(32)17-23/h7-10,12-15,23-24H,5-6,11,16-20H2,1-4H3,(H2,33,34). The van der Waals surface area contributed by atoms with Crippen LogP contribution in [0.15, 0.2) is 48.5 Å². The molecule has 0 amide bonds. The van der Waals surface area contributed by atoms with Gasteiger partial charge in [-0.1, -0.05) is 55.8 Å². The fraction of sp³-hybridized carbons (Fsp3) is 0.484. The van der Waals surface area contributed by atoms with Crippen molar-refractivity contribution in [1.82, 2.24) is 19.4 Å². The van der Waals surface area contributed by atoms with Crippen molar-refractivity contribution in [2.45, 2.75) is 84.6 Å². The zero-order valence-corrected chi connectivity index (χ0v) is 22.7. The summed E-state index contributed by atoms with van der Waals surface area (Å²) in [6.45, 7) is 11.5. The molecule has 1 fully saturated rings. The van der Waals surface area contributed by atoms with Crippen molar-refractivity contribution in [3.05, 3.63) is 65.5 Å². The number of unbranched alkanes of at least 4 members (excludes halogenated alkanes) is 1. The summed E-state index contributed by atoms with van der Waals surface area (Å²) < 4.78 is 15.7. The van der Waals surface area contributed by atoms with Crippen molar-refractivity contribution >= 4 is 27.8 Å². The van der Waals surface area contributed by atoms with E-state index >= 15 is 0 Å². The fourth-order valence-corrected chi connectivity index (χ4v) is 5.44. The van der Waals surface area contributed by atoms with Crippen LogP contribution in [0.4, 0.5) is 10.2 Å². The average molecular weight is 502 g/mol.